The molecule has 3 aromatic rings. The Morgan fingerprint density at radius 1 is 1.15 bits per heavy atom. The van der Waals surface area contributed by atoms with E-state index in [0.29, 0.717) is 24.5 Å². The molecule has 26 heavy (non-hydrogen) atoms. The third kappa shape index (κ3) is 3.61. The molecule has 7 nitrogen and oxygen atoms in total. The Bertz CT molecular complexity index is 907. The molecule has 0 aliphatic rings. The van der Waals surface area contributed by atoms with Gasteiger partial charge in [-0.15, -0.1) is 5.10 Å². The number of fused-ring (bicyclic) bond motifs is 1. The van der Waals surface area contributed by atoms with Gasteiger partial charge in [-0.25, -0.2) is 4.68 Å². The first-order valence-corrected chi connectivity index (χ1v) is 8.42. The average Bonchev–Trinajstić information content (AvgIpc) is 3.11. The maximum absolute atomic E-state index is 12.5. The van der Waals surface area contributed by atoms with Crippen LogP contribution in [0.15, 0.2) is 42.5 Å². The summed E-state index contributed by atoms with van der Waals surface area (Å²) < 4.78 is 12.2. The minimum atomic E-state index is -0.437. The van der Waals surface area contributed by atoms with Crippen molar-refractivity contribution in [2.45, 2.75) is 19.4 Å². The first-order valence-electron chi connectivity index (χ1n) is 8.42. The number of nitrogens with zero attached hydrogens (tertiary/aromatic N) is 3. The molecular formula is C19H22N4O3. The maximum atomic E-state index is 12.5. The molecule has 0 spiro atoms. The average molecular weight is 354 g/mol. The summed E-state index contributed by atoms with van der Waals surface area (Å²) >= 11 is 0. The molecular weight excluding hydrogens is 332 g/mol. The van der Waals surface area contributed by atoms with E-state index in [1.807, 2.05) is 49.4 Å². The van der Waals surface area contributed by atoms with E-state index in [1.54, 1.807) is 18.9 Å². The van der Waals surface area contributed by atoms with E-state index in [4.69, 9.17) is 9.47 Å². The summed E-state index contributed by atoms with van der Waals surface area (Å²) in [6.07, 6.45) is 0.691. The molecule has 3 rings (SSSR count). The SMILES string of the molecule is COc1ccc(CCNC(=O)[C@H](C)n2nnc3ccccc32)cc1OC. The van der Waals surface area contributed by atoms with Crippen LogP contribution >= 0.6 is 0 Å². The normalized spacial score (nSPS) is 12.0. The first kappa shape index (κ1) is 17.7. The summed E-state index contributed by atoms with van der Waals surface area (Å²) in [6, 6.07) is 12.9. The van der Waals surface area contributed by atoms with Gasteiger partial charge in [0.2, 0.25) is 5.91 Å². The fourth-order valence-electron chi connectivity index (χ4n) is 2.80. The third-order valence-electron chi connectivity index (χ3n) is 4.28. The standard InChI is InChI=1S/C19H22N4O3/c1-13(23-16-7-5-4-6-15(16)21-22-23)19(24)20-11-10-14-8-9-17(25-2)18(12-14)26-3/h4-9,12-13H,10-11H2,1-3H3,(H,20,24)/t13-/m0/s1. The Hall–Kier alpha value is -3.09. The Balaban J connectivity index is 1.60. The van der Waals surface area contributed by atoms with Crippen molar-refractivity contribution in [3.05, 3.63) is 48.0 Å². The van der Waals surface area contributed by atoms with E-state index in [0.717, 1.165) is 16.6 Å². The molecule has 7 heteroatoms. The van der Waals surface area contributed by atoms with Gasteiger partial charge in [-0.1, -0.05) is 23.4 Å². The summed E-state index contributed by atoms with van der Waals surface area (Å²) in [5.41, 5.74) is 2.68. The summed E-state index contributed by atoms with van der Waals surface area (Å²) in [5, 5.41) is 11.1. The molecule has 136 valence electrons. The molecule has 0 bridgehead atoms. The molecule has 0 saturated heterocycles. The lowest BCUT2D eigenvalue weighted by atomic mass is 10.1. The second-order valence-electron chi connectivity index (χ2n) is 5.93. The molecule has 1 heterocycles. The van der Waals surface area contributed by atoms with Crippen LogP contribution in [0.1, 0.15) is 18.5 Å². The lowest BCUT2D eigenvalue weighted by Gasteiger charge is -2.13. The van der Waals surface area contributed by atoms with Crippen LogP contribution < -0.4 is 14.8 Å². The lowest BCUT2D eigenvalue weighted by Crippen LogP contribution is -2.32. The van der Waals surface area contributed by atoms with Crippen LogP contribution in [0.5, 0.6) is 11.5 Å². The van der Waals surface area contributed by atoms with Crippen LogP contribution in [0, 0.1) is 0 Å². The highest BCUT2D eigenvalue weighted by atomic mass is 16.5. The number of amides is 1. The van der Waals surface area contributed by atoms with Crippen LogP contribution in [0.4, 0.5) is 0 Å². The first-order chi connectivity index (χ1) is 12.6. The zero-order valence-corrected chi connectivity index (χ0v) is 15.1. The van der Waals surface area contributed by atoms with E-state index in [2.05, 4.69) is 15.6 Å². The molecule has 1 N–H and O–H groups in total. The number of carbonyl (C=O) groups excluding carboxylic acids is 1. The Morgan fingerprint density at radius 3 is 2.69 bits per heavy atom. The zero-order valence-electron chi connectivity index (χ0n) is 15.1. The predicted octanol–water partition coefficient (Wildman–Crippen LogP) is 2.37. The minimum absolute atomic E-state index is 0.0962. The zero-order chi connectivity index (χ0) is 18.5. The monoisotopic (exact) mass is 354 g/mol. The van der Waals surface area contributed by atoms with Gasteiger partial charge in [0.25, 0.3) is 0 Å². The Morgan fingerprint density at radius 2 is 1.92 bits per heavy atom. The third-order valence-corrected chi connectivity index (χ3v) is 4.28. The molecule has 1 atom stereocenters. The summed E-state index contributed by atoms with van der Waals surface area (Å²) in [4.78, 5) is 12.5. The van der Waals surface area contributed by atoms with Gasteiger partial charge in [0.05, 0.1) is 19.7 Å². The molecule has 1 aromatic heterocycles. The number of hydrogen-bond donors (Lipinski definition) is 1. The van der Waals surface area contributed by atoms with Crippen molar-refractivity contribution in [1.29, 1.82) is 0 Å². The molecule has 0 fully saturated rings. The smallest absolute Gasteiger partial charge is 0.244 e. The van der Waals surface area contributed by atoms with Gasteiger partial charge in [-0.2, -0.15) is 0 Å². The highest BCUT2D eigenvalue weighted by Crippen LogP contribution is 2.27. The number of nitrogens with one attached hydrogen (secondary N) is 1. The van der Waals surface area contributed by atoms with Crippen LogP contribution in [0.3, 0.4) is 0 Å². The molecule has 2 aromatic carbocycles. The minimum Gasteiger partial charge on any atom is -0.493 e. The van der Waals surface area contributed by atoms with Crippen molar-refractivity contribution < 1.29 is 14.3 Å². The van der Waals surface area contributed by atoms with Crippen molar-refractivity contribution in [3.63, 3.8) is 0 Å². The van der Waals surface area contributed by atoms with Gasteiger partial charge in [-0.05, 0) is 43.2 Å². The van der Waals surface area contributed by atoms with E-state index in [-0.39, 0.29) is 5.91 Å². The number of rotatable bonds is 7. The fraction of sp³-hybridized carbons (Fsp3) is 0.316. The number of carbonyl (C=O) groups is 1. The largest absolute Gasteiger partial charge is 0.493 e. The summed E-state index contributed by atoms with van der Waals surface area (Å²) in [6.45, 7) is 2.33. The predicted molar refractivity (Wildman–Crippen MR) is 98.5 cm³/mol. The van der Waals surface area contributed by atoms with Crippen molar-refractivity contribution >= 4 is 16.9 Å². The fourth-order valence-corrected chi connectivity index (χ4v) is 2.80. The van der Waals surface area contributed by atoms with Gasteiger partial charge in [-0.3, -0.25) is 4.79 Å². The molecule has 0 radical (unpaired) electrons. The van der Waals surface area contributed by atoms with Gasteiger partial charge in [0.1, 0.15) is 11.6 Å². The summed E-state index contributed by atoms with van der Waals surface area (Å²) in [5.74, 6) is 1.27. The quantitative estimate of drug-likeness (QED) is 0.705. The second-order valence-corrected chi connectivity index (χ2v) is 5.93. The van der Waals surface area contributed by atoms with Gasteiger partial charge < -0.3 is 14.8 Å². The van der Waals surface area contributed by atoms with Gasteiger partial charge in [0, 0.05) is 6.54 Å². The van der Waals surface area contributed by atoms with Crippen LogP contribution in [-0.2, 0) is 11.2 Å². The Labute approximate surface area is 151 Å². The molecule has 0 saturated carbocycles. The van der Waals surface area contributed by atoms with E-state index in [1.165, 1.54) is 0 Å². The number of benzene rings is 2. The highest BCUT2D eigenvalue weighted by molar-refractivity contribution is 5.82. The molecule has 1 amide bonds. The number of ether oxygens (including phenoxy) is 2. The van der Waals surface area contributed by atoms with Crippen LogP contribution in [0.25, 0.3) is 11.0 Å². The number of methoxy groups -OCH3 is 2. The van der Waals surface area contributed by atoms with E-state index >= 15 is 0 Å². The van der Waals surface area contributed by atoms with Crippen molar-refractivity contribution in [2.75, 3.05) is 20.8 Å². The number of aromatic nitrogens is 3. The van der Waals surface area contributed by atoms with Crippen LogP contribution in [-0.4, -0.2) is 41.7 Å². The van der Waals surface area contributed by atoms with Crippen LogP contribution in [0.2, 0.25) is 0 Å². The van der Waals surface area contributed by atoms with Gasteiger partial charge in [0.15, 0.2) is 11.5 Å². The lowest BCUT2D eigenvalue weighted by molar-refractivity contribution is -0.124. The molecule has 0 aliphatic carbocycles. The summed E-state index contributed by atoms with van der Waals surface area (Å²) in [7, 11) is 3.21. The van der Waals surface area contributed by atoms with Crippen molar-refractivity contribution in [3.8, 4) is 11.5 Å². The number of para-hydroxylation sites is 1. The van der Waals surface area contributed by atoms with E-state index < -0.39 is 6.04 Å². The highest BCUT2D eigenvalue weighted by Gasteiger charge is 2.18. The topological polar surface area (TPSA) is 78.3 Å². The Kier molecular flexibility index (Phi) is 5.36. The van der Waals surface area contributed by atoms with Crippen molar-refractivity contribution in [1.82, 2.24) is 20.3 Å². The number of hydrogen-bond acceptors (Lipinski definition) is 5. The maximum Gasteiger partial charge on any atom is 0.244 e. The van der Waals surface area contributed by atoms with Crippen molar-refractivity contribution in [2.24, 2.45) is 0 Å². The molecule has 0 aliphatic heterocycles. The molecule has 0 unspecified atom stereocenters. The van der Waals surface area contributed by atoms with E-state index in [9.17, 15) is 4.79 Å². The van der Waals surface area contributed by atoms with Gasteiger partial charge >= 0.3 is 0 Å². The second kappa shape index (κ2) is 7.86.